The molecule has 2 N–H and O–H groups in total. The van der Waals surface area contributed by atoms with Crippen molar-refractivity contribution >= 4 is 51.8 Å². The van der Waals surface area contributed by atoms with Crippen LogP contribution in [0.25, 0.3) is 0 Å². The van der Waals surface area contributed by atoms with E-state index < -0.39 is 0 Å². The predicted molar refractivity (Wildman–Crippen MR) is 130 cm³/mol. The molecule has 0 heterocycles. The standard InChI is InChI=1S/C21H26BrFN4O.HI/c1-4-24-21(25-12-11-15-7-10-19(23)18(22)13-15)26-14-16-5-8-17(9-6-16)20(28)27(2)3;/h5-10,13H,4,11-12,14H2,1-3H3,(H2,24,25,26);1H. The number of nitrogens with one attached hydrogen (secondary N) is 2. The number of aliphatic imine (C=N–C) groups is 1. The number of rotatable bonds is 7. The van der Waals surface area contributed by atoms with Crippen LogP contribution in [0.5, 0.6) is 0 Å². The van der Waals surface area contributed by atoms with E-state index in [1.54, 1.807) is 31.1 Å². The molecule has 1 amide bonds. The van der Waals surface area contributed by atoms with Crippen LogP contribution in [-0.4, -0.2) is 44.0 Å². The molecule has 0 aromatic heterocycles. The van der Waals surface area contributed by atoms with Gasteiger partial charge < -0.3 is 15.5 Å². The fourth-order valence-corrected chi connectivity index (χ4v) is 2.97. The molecule has 158 valence electrons. The summed E-state index contributed by atoms with van der Waals surface area (Å²) in [5.41, 5.74) is 2.72. The van der Waals surface area contributed by atoms with E-state index in [2.05, 4.69) is 31.6 Å². The molecule has 0 aliphatic rings. The second-order valence-corrected chi connectivity index (χ2v) is 7.37. The molecule has 0 fully saturated rings. The van der Waals surface area contributed by atoms with Crippen LogP contribution < -0.4 is 10.6 Å². The minimum Gasteiger partial charge on any atom is -0.357 e. The van der Waals surface area contributed by atoms with Crippen molar-refractivity contribution in [1.29, 1.82) is 0 Å². The molecule has 2 rings (SSSR count). The first-order valence-electron chi connectivity index (χ1n) is 9.17. The normalized spacial score (nSPS) is 10.9. The largest absolute Gasteiger partial charge is 0.357 e. The Morgan fingerprint density at radius 1 is 1.10 bits per heavy atom. The topological polar surface area (TPSA) is 56.7 Å². The number of amides is 1. The van der Waals surface area contributed by atoms with E-state index in [0.717, 1.165) is 30.1 Å². The molecule has 0 unspecified atom stereocenters. The third-order valence-electron chi connectivity index (χ3n) is 4.06. The summed E-state index contributed by atoms with van der Waals surface area (Å²) in [5, 5.41) is 6.50. The highest BCUT2D eigenvalue weighted by molar-refractivity contribution is 14.0. The lowest BCUT2D eigenvalue weighted by molar-refractivity contribution is 0.0827. The van der Waals surface area contributed by atoms with E-state index in [9.17, 15) is 9.18 Å². The molecule has 29 heavy (non-hydrogen) atoms. The molecule has 0 aliphatic heterocycles. The predicted octanol–water partition coefficient (Wildman–Crippen LogP) is 4.21. The van der Waals surface area contributed by atoms with Crippen LogP contribution in [-0.2, 0) is 13.0 Å². The fraction of sp³-hybridized carbons (Fsp3) is 0.333. The van der Waals surface area contributed by atoms with Crippen molar-refractivity contribution in [2.75, 3.05) is 27.2 Å². The van der Waals surface area contributed by atoms with Crippen molar-refractivity contribution in [3.05, 3.63) is 69.4 Å². The van der Waals surface area contributed by atoms with Gasteiger partial charge in [-0.25, -0.2) is 9.38 Å². The van der Waals surface area contributed by atoms with Gasteiger partial charge in [-0.2, -0.15) is 0 Å². The van der Waals surface area contributed by atoms with E-state index in [1.165, 1.54) is 6.07 Å². The number of nitrogens with zero attached hydrogens (tertiary/aromatic N) is 2. The van der Waals surface area contributed by atoms with Crippen LogP contribution in [0, 0.1) is 5.82 Å². The van der Waals surface area contributed by atoms with Gasteiger partial charge in [0, 0.05) is 32.7 Å². The molecule has 0 saturated carbocycles. The van der Waals surface area contributed by atoms with Gasteiger partial charge in [0.15, 0.2) is 5.96 Å². The molecular formula is C21H27BrFIN4O. The highest BCUT2D eigenvalue weighted by Gasteiger charge is 2.07. The number of hydrogen-bond donors (Lipinski definition) is 2. The maximum Gasteiger partial charge on any atom is 0.253 e. The molecule has 0 spiro atoms. The van der Waals surface area contributed by atoms with E-state index in [1.807, 2.05) is 31.2 Å². The molecular weight excluding hydrogens is 550 g/mol. The highest BCUT2D eigenvalue weighted by Crippen LogP contribution is 2.16. The third-order valence-corrected chi connectivity index (χ3v) is 4.67. The van der Waals surface area contributed by atoms with Gasteiger partial charge in [-0.15, -0.1) is 24.0 Å². The van der Waals surface area contributed by atoms with Crippen molar-refractivity contribution in [1.82, 2.24) is 15.5 Å². The number of carbonyl (C=O) groups excluding carboxylic acids is 1. The van der Waals surface area contributed by atoms with Gasteiger partial charge in [0.25, 0.3) is 5.91 Å². The van der Waals surface area contributed by atoms with Gasteiger partial charge in [0.05, 0.1) is 11.0 Å². The Kier molecular flexibility index (Phi) is 11.2. The maximum absolute atomic E-state index is 13.3. The van der Waals surface area contributed by atoms with Crippen LogP contribution in [0.4, 0.5) is 4.39 Å². The number of guanidine groups is 1. The third kappa shape index (κ3) is 8.30. The Morgan fingerprint density at radius 2 is 1.76 bits per heavy atom. The zero-order valence-corrected chi connectivity index (χ0v) is 20.8. The van der Waals surface area contributed by atoms with Crippen LogP contribution >= 0.6 is 39.9 Å². The average molecular weight is 577 g/mol. The maximum atomic E-state index is 13.3. The molecule has 0 aliphatic carbocycles. The van der Waals surface area contributed by atoms with E-state index in [4.69, 9.17) is 0 Å². The Hall–Kier alpha value is -1.68. The monoisotopic (exact) mass is 576 g/mol. The smallest absolute Gasteiger partial charge is 0.253 e. The second kappa shape index (κ2) is 12.8. The van der Waals surface area contributed by atoms with E-state index in [-0.39, 0.29) is 35.7 Å². The lowest BCUT2D eigenvalue weighted by Gasteiger charge is -2.12. The Balaban J connectivity index is 0.00000420. The number of halogens is 3. The summed E-state index contributed by atoms with van der Waals surface area (Å²) in [6.45, 7) is 3.95. The lowest BCUT2D eigenvalue weighted by atomic mass is 10.1. The molecule has 0 saturated heterocycles. The van der Waals surface area contributed by atoms with Crippen molar-refractivity contribution in [2.24, 2.45) is 4.99 Å². The van der Waals surface area contributed by atoms with Crippen molar-refractivity contribution in [3.8, 4) is 0 Å². The summed E-state index contributed by atoms with van der Waals surface area (Å²) in [5.74, 6) is 0.444. The number of hydrogen-bond acceptors (Lipinski definition) is 2. The number of benzene rings is 2. The lowest BCUT2D eigenvalue weighted by Crippen LogP contribution is -2.38. The first-order valence-corrected chi connectivity index (χ1v) is 9.96. The quantitative estimate of drug-likeness (QED) is 0.295. The van der Waals surface area contributed by atoms with Crippen molar-refractivity contribution in [2.45, 2.75) is 19.9 Å². The Labute approximate surface area is 197 Å². The van der Waals surface area contributed by atoms with E-state index >= 15 is 0 Å². The molecule has 8 heteroatoms. The Bertz CT molecular complexity index is 828. The summed E-state index contributed by atoms with van der Waals surface area (Å²) >= 11 is 3.21. The average Bonchev–Trinajstić information content (AvgIpc) is 2.68. The molecule has 5 nitrogen and oxygen atoms in total. The van der Waals surface area contributed by atoms with Crippen LogP contribution in [0.15, 0.2) is 51.9 Å². The summed E-state index contributed by atoms with van der Waals surface area (Å²) in [4.78, 5) is 18.1. The van der Waals surface area contributed by atoms with Gasteiger partial charge in [-0.1, -0.05) is 18.2 Å². The minimum absolute atomic E-state index is 0. The van der Waals surface area contributed by atoms with Gasteiger partial charge in [-0.05, 0) is 64.7 Å². The zero-order chi connectivity index (χ0) is 20.5. The van der Waals surface area contributed by atoms with Crippen LogP contribution in [0.1, 0.15) is 28.4 Å². The zero-order valence-electron chi connectivity index (χ0n) is 16.8. The molecule has 0 bridgehead atoms. The summed E-state index contributed by atoms with van der Waals surface area (Å²) < 4.78 is 13.8. The molecule has 0 atom stereocenters. The first-order chi connectivity index (χ1) is 13.4. The van der Waals surface area contributed by atoms with Crippen molar-refractivity contribution in [3.63, 3.8) is 0 Å². The fourth-order valence-electron chi connectivity index (χ4n) is 2.54. The van der Waals surface area contributed by atoms with Crippen LogP contribution in [0.2, 0.25) is 0 Å². The highest BCUT2D eigenvalue weighted by atomic mass is 127. The Morgan fingerprint density at radius 3 is 2.34 bits per heavy atom. The second-order valence-electron chi connectivity index (χ2n) is 6.52. The van der Waals surface area contributed by atoms with Gasteiger partial charge in [-0.3, -0.25) is 4.79 Å². The minimum atomic E-state index is -0.259. The van der Waals surface area contributed by atoms with Gasteiger partial charge in [0.1, 0.15) is 5.82 Å². The van der Waals surface area contributed by atoms with E-state index in [0.29, 0.717) is 23.1 Å². The summed E-state index contributed by atoms with van der Waals surface area (Å²) in [6.07, 6.45) is 0.755. The van der Waals surface area contributed by atoms with Gasteiger partial charge >= 0.3 is 0 Å². The molecule has 0 radical (unpaired) electrons. The molecule has 2 aromatic rings. The van der Waals surface area contributed by atoms with Crippen molar-refractivity contribution < 1.29 is 9.18 Å². The first kappa shape index (κ1) is 25.4. The molecule has 2 aromatic carbocycles. The number of carbonyl (C=O) groups is 1. The summed E-state index contributed by atoms with van der Waals surface area (Å²) in [7, 11) is 3.47. The van der Waals surface area contributed by atoms with Gasteiger partial charge in [0.2, 0.25) is 0 Å². The van der Waals surface area contributed by atoms with Crippen LogP contribution in [0.3, 0.4) is 0 Å². The summed E-state index contributed by atoms with van der Waals surface area (Å²) in [6, 6.07) is 12.5. The SMILES string of the molecule is CCNC(=NCc1ccc(C(=O)N(C)C)cc1)NCCc1ccc(F)c(Br)c1.I.